The molecule has 1 heterocycles. The summed E-state index contributed by atoms with van der Waals surface area (Å²) < 4.78 is 1.55. The fourth-order valence-corrected chi connectivity index (χ4v) is 1.64. The van der Waals surface area contributed by atoms with E-state index in [0.29, 0.717) is 16.7 Å². The van der Waals surface area contributed by atoms with Crippen molar-refractivity contribution >= 4 is 17.6 Å². The van der Waals surface area contributed by atoms with Crippen LogP contribution in [0.4, 0.5) is 0 Å². The van der Waals surface area contributed by atoms with E-state index in [1.807, 2.05) is 0 Å². The van der Waals surface area contributed by atoms with E-state index in [2.05, 4.69) is 10.2 Å². The van der Waals surface area contributed by atoms with Crippen molar-refractivity contribution in [1.82, 2.24) is 14.8 Å². The van der Waals surface area contributed by atoms with E-state index in [1.165, 1.54) is 0 Å². The average Bonchev–Trinajstić information content (AvgIpc) is 2.61. The maximum absolute atomic E-state index is 10.8. The highest BCUT2D eigenvalue weighted by molar-refractivity contribution is 6.30. The molecule has 17 heavy (non-hydrogen) atoms. The summed E-state index contributed by atoms with van der Waals surface area (Å²) in [6.45, 7) is 1.56. The molecule has 0 aliphatic rings. The van der Waals surface area contributed by atoms with Crippen LogP contribution >= 0.6 is 11.6 Å². The Bertz CT molecular complexity index is 548. The van der Waals surface area contributed by atoms with E-state index < -0.39 is 5.97 Å². The smallest absolute Gasteiger partial charge is 0.323 e. The van der Waals surface area contributed by atoms with Crippen LogP contribution < -0.4 is 0 Å². The van der Waals surface area contributed by atoms with Gasteiger partial charge in [-0.3, -0.25) is 9.36 Å². The number of hydrogen-bond donors (Lipinski definition) is 1. The van der Waals surface area contributed by atoms with Crippen molar-refractivity contribution in [1.29, 1.82) is 0 Å². The highest BCUT2D eigenvalue weighted by Gasteiger charge is 2.13. The lowest BCUT2D eigenvalue weighted by Gasteiger charge is -2.05. The van der Waals surface area contributed by atoms with Crippen LogP contribution in [0.3, 0.4) is 0 Å². The maximum Gasteiger partial charge on any atom is 0.323 e. The minimum absolute atomic E-state index is 0.156. The van der Waals surface area contributed by atoms with Crippen molar-refractivity contribution in [2.24, 2.45) is 0 Å². The fourth-order valence-electron chi connectivity index (χ4n) is 1.52. The number of carboxylic acid groups (broad SMARTS) is 1. The number of aromatic nitrogens is 3. The fraction of sp³-hybridized carbons (Fsp3) is 0.182. The van der Waals surface area contributed by atoms with E-state index in [4.69, 9.17) is 16.7 Å². The van der Waals surface area contributed by atoms with Gasteiger partial charge in [-0.1, -0.05) is 11.6 Å². The molecule has 0 fully saturated rings. The number of aliphatic carboxylic acids is 1. The lowest BCUT2D eigenvalue weighted by molar-refractivity contribution is -0.137. The van der Waals surface area contributed by atoms with E-state index in [1.54, 1.807) is 35.8 Å². The standard InChI is InChI=1S/C11H10ClN3O2/c1-7-13-14-11(15(7)6-10(16)17)8-2-4-9(12)5-3-8/h2-5H,6H2,1H3,(H,16,17). The number of carbonyl (C=O) groups is 1. The van der Waals surface area contributed by atoms with Gasteiger partial charge >= 0.3 is 5.97 Å². The molecule has 0 saturated carbocycles. The first-order valence-corrected chi connectivity index (χ1v) is 5.33. The Balaban J connectivity index is 2.45. The maximum atomic E-state index is 10.8. The third-order valence-electron chi connectivity index (χ3n) is 2.33. The van der Waals surface area contributed by atoms with Crippen LogP contribution in [0.1, 0.15) is 5.82 Å². The van der Waals surface area contributed by atoms with Gasteiger partial charge in [-0.25, -0.2) is 0 Å². The van der Waals surface area contributed by atoms with Crippen molar-refractivity contribution in [2.75, 3.05) is 0 Å². The molecule has 1 aromatic carbocycles. The molecule has 0 aliphatic carbocycles. The molecule has 0 bridgehead atoms. The Morgan fingerprint density at radius 1 is 1.35 bits per heavy atom. The first-order chi connectivity index (χ1) is 8.08. The van der Waals surface area contributed by atoms with Gasteiger partial charge in [-0.05, 0) is 31.2 Å². The second-order valence-electron chi connectivity index (χ2n) is 3.56. The summed E-state index contributed by atoms with van der Waals surface area (Å²) in [6.07, 6.45) is 0. The molecule has 0 aliphatic heterocycles. The Labute approximate surface area is 103 Å². The molecule has 1 N–H and O–H groups in total. The minimum Gasteiger partial charge on any atom is -0.480 e. The van der Waals surface area contributed by atoms with Gasteiger partial charge in [0.25, 0.3) is 0 Å². The minimum atomic E-state index is -0.928. The van der Waals surface area contributed by atoms with Gasteiger partial charge in [0.15, 0.2) is 5.82 Å². The Hall–Kier alpha value is -1.88. The molecule has 1 aromatic heterocycles. The number of hydrogen-bond acceptors (Lipinski definition) is 3. The van der Waals surface area contributed by atoms with Gasteiger partial charge < -0.3 is 5.11 Å². The average molecular weight is 252 g/mol. The molecule has 0 unspecified atom stereocenters. The quantitative estimate of drug-likeness (QED) is 0.906. The topological polar surface area (TPSA) is 68.0 Å². The van der Waals surface area contributed by atoms with Crippen LogP contribution in [0.5, 0.6) is 0 Å². The number of rotatable bonds is 3. The number of aryl methyl sites for hydroxylation is 1. The van der Waals surface area contributed by atoms with Gasteiger partial charge in [0, 0.05) is 10.6 Å². The number of halogens is 1. The molecule has 88 valence electrons. The Morgan fingerprint density at radius 2 is 2.00 bits per heavy atom. The molecular formula is C11H10ClN3O2. The van der Waals surface area contributed by atoms with Crippen LogP contribution in [0.15, 0.2) is 24.3 Å². The highest BCUT2D eigenvalue weighted by atomic mass is 35.5. The van der Waals surface area contributed by atoms with Crippen LogP contribution in [-0.2, 0) is 11.3 Å². The summed E-state index contributed by atoms with van der Waals surface area (Å²) >= 11 is 5.79. The lowest BCUT2D eigenvalue weighted by atomic mass is 10.2. The van der Waals surface area contributed by atoms with Crippen LogP contribution in [0.25, 0.3) is 11.4 Å². The molecule has 6 heteroatoms. The predicted octanol–water partition coefficient (Wildman–Crippen LogP) is 1.99. The molecule has 2 rings (SSSR count). The van der Waals surface area contributed by atoms with Crippen molar-refractivity contribution in [2.45, 2.75) is 13.5 Å². The molecular weight excluding hydrogens is 242 g/mol. The highest BCUT2D eigenvalue weighted by Crippen LogP contribution is 2.20. The lowest BCUT2D eigenvalue weighted by Crippen LogP contribution is -2.11. The van der Waals surface area contributed by atoms with Crippen molar-refractivity contribution in [3.8, 4) is 11.4 Å². The summed E-state index contributed by atoms with van der Waals surface area (Å²) in [4.78, 5) is 10.8. The van der Waals surface area contributed by atoms with Gasteiger partial charge in [-0.15, -0.1) is 10.2 Å². The zero-order chi connectivity index (χ0) is 12.4. The number of carboxylic acids is 1. The summed E-state index contributed by atoms with van der Waals surface area (Å²) in [5, 5.41) is 17.3. The number of nitrogens with zero attached hydrogens (tertiary/aromatic N) is 3. The normalized spacial score (nSPS) is 10.5. The molecule has 0 spiro atoms. The van der Waals surface area contributed by atoms with Gasteiger partial charge in [0.05, 0.1) is 0 Å². The summed E-state index contributed by atoms with van der Waals surface area (Å²) in [6, 6.07) is 7.02. The van der Waals surface area contributed by atoms with Crippen LogP contribution in [0, 0.1) is 6.92 Å². The first kappa shape index (κ1) is 11.6. The molecule has 0 atom stereocenters. The van der Waals surface area contributed by atoms with E-state index in [-0.39, 0.29) is 6.54 Å². The molecule has 0 radical (unpaired) electrons. The van der Waals surface area contributed by atoms with E-state index in [9.17, 15) is 4.79 Å². The van der Waals surface area contributed by atoms with Crippen molar-refractivity contribution in [3.05, 3.63) is 35.1 Å². The van der Waals surface area contributed by atoms with Gasteiger partial charge in [0.1, 0.15) is 12.4 Å². The van der Waals surface area contributed by atoms with Crippen LogP contribution in [-0.4, -0.2) is 25.8 Å². The van der Waals surface area contributed by atoms with Crippen molar-refractivity contribution < 1.29 is 9.90 Å². The van der Waals surface area contributed by atoms with Crippen LogP contribution in [0.2, 0.25) is 5.02 Å². The molecule has 2 aromatic rings. The van der Waals surface area contributed by atoms with Gasteiger partial charge in [0.2, 0.25) is 0 Å². The Kier molecular flexibility index (Phi) is 3.10. The largest absolute Gasteiger partial charge is 0.480 e. The van der Waals surface area contributed by atoms with E-state index >= 15 is 0 Å². The predicted molar refractivity (Wildman–Crippen MR) is 62.8 cm³/mol. The summed E-state index contributed by atoms with van der Waals surface area (Å²) in [7, 11) is 0. The van der Waals surface area contributed by atoms with Crippen molar-refractivity contribution in [3.63, 3.8) is 0 Å². The third kappa shape index (κ3) is 2.45. The van der Waals surface area contributed by atoms with Gasteiger partial charge in [-0.2, -0.15) is 0 Å². The summed E-state index contributed by atoms with van der Waals surface area (Å²) in [5.74, 6) is 0.169. The summed E-state index contributed by atoms with van der Waals surface area (Å²) in [5.41, 5.74) is 0.788. The van der Waals surface area contributed by atoms with E-state index in [0.717, 1.165) is 5.56 Å². The monoisotopic (exact) mass is 251 g/mol. The zero-order valence-corrected chi connectivity index (χ0v) is 9.85. The molecule has 0 saturated heterocycles. The number of benzene rings is 1. The second-order valence-corrected chi connectivity index (χ2v) is 3.99. The third-order valence-corrected chi connectivity index (χ3v) is 2.58. The Morgan fingerprint density at radius 3 is 2.59 bits per heavy atom. The SMILES string of the molecule is Cc1nnc(-c2ccc(Cl)cc2)n1CC(=O)O. The second kappa shape index (κ2) is 4.55. The molecule has 0 amide bonds. The zero-order valence-electron chi connectivity index (χ0n) is 9.09. The molecule has 5 nitrogen and oxygen atoms in total. The first-order valence-electron chi connectivity index (χ1n) is 4.95.